The van der Waals surface area contributed by atoms with E-state index in [0.717, 1.165) is 45.3 Å². The van der Waals surface area contributed by atoms with Crippen LogP contribution in [-0.4, -0.2) is 4.57 Å². The Labute approximate surface area is 333 Å². The van der Waals surface area contributed by atoms with Gasteiger partial charge in [-0.05, 0) is 119 Å². The molecule has 0 saturated heterocycles. The van der Waals surface area contributed by atoms with Crippen molar-refractivity contribution in [2.75, 3.05) is 9.80 Å². The molecule has 0 aliphatic rings. The van der Waals surface area contributed by atoms with Gasteiger partial charge in [0.15, 0.2) is 0 Å². The van der Waals surface area contributed by atoms with Gasteiger partial charge in [0, 0.05) is 50.6 Å². The summed E-state index contributed by atoms with van der Waals surface area (Å²) in [6.07, 6.45) is 0. The molecule has 0 aliphatic heterocycles. The van der Waals surface area contributed by atoms with Gasteiger partial charge < -0.3 is 14.4 Å². The fourth-order valence-electron chi connectivity index (χ4n) is 8.09. The highest BCUT2D eigenvalue weighted by atomic mass is 15.2. The number of hydrogen-bond acceptors (Lipinski definition) is 2. The van der Waals surface area contributed by atoms with Crippen molar-refractivity contribution >= 4 is 55.9 Å². The summed E-state index contributed by atoms with van der Waals surface area (Å²) in [5.41, 5.74) is 14.7. The molecule has 3 nitrogen and oxygen atoms in total. The summed E-state index contributed by atoms with van der Waals surface area (Å²) < 4.78 is 2.37. The van der Waals surface area contributed by atoms with Crippen LogP contribution in [0, 0.1) is 0 Å². The molecule has 10 rings (SSSR count). The summed E-state index contributed by atoms with van der Waals surface area (Å²) in [5, 5.41) is 2.50. The maximum Gasteiger partial charge on any atom is 0.0541 e. The molecule has 270 valence electrons. The van der Waals surface area contributed by atoms with Crippen LogP contribution in [0.1, 0.15) is 0 Å². The van der Waals surface area contributed by atoms with E-state index in [1.54, 1.807) is 0 Å². The third-order valence-electron chi connectivity index (χ3n) is 10.7. The van der Waals surface area contributed by atoms with E-state index in [2.05, 4.69) is 251 Å². The van der Waals surface area contributed by atoms with Gasteiger partial charge in [0.05, 0.1) is 11.0 Å². The molecule has 0 fully saturated rings. The van der Waals surface area contributed by atoms with Gasteiger partial charge in [-0.25, -0.2) is 0 Å². The highest BCUT2D eigenvalue weighted by Crippen LogP contribution is 2.43. The first-order chi connectivity index (χ1) is 28.3. The van der Waals surface area contributed by atoms with Gasteiger partial charge in [-0.1, -0.05) is 140 Å². The predicted molar refractivity (Wildman–Crippen MR) is 241 cm³/mol. The first kappa shape index (κ1) is 33.9. The minimum atomic E-state index is 1.07. The summed E-state index contributed by atoms with van der Waals surface area (Å²) in [4.78, 5) is 4.69. The Hall–Kier alpha value is -7.62. The molecule has 0 unspecified atom stereocenters. The smallest absolute Gasteiger partial charge is 0.0541 e. The molecule has 0 spiro atoms. The number of benzene rings is 9. The number of hydrogen-bond donors (Lipinski definition) is 0. The SMILES string of the molecule is c1ccc(N(c2ccccc2)c2cc(-c3ccc(-c4ccc5c(c4)c4ccccc4n5-c4ccccc4)cc3)cc(N(c3ccccc3)c3ccccc3)c2)cc1. The summed E-state index contributed by atoms with van der Waals surface area (Å²) in [7, 11) is 0. The number of aromatic nitrogens is 1. The molecular weight excluding hydrogens is 691 g/mol. The van der Waals surface area contributed by atoms with Gasteiger partial charge in [0.25, 0.3) is 0 Å². The second kappa shape index (κ2) is 14.9. The van der Waals surface area contributed by atoms with Crippen molar-refractivity contribution in [3.63, 3.8) is 0 Å². The summed E-state index contributed by atoms with van der Waals surface area (Å²) in [6.45, 7) is 0. The second-order valence-electron chi connectivity index (χ2n) is 14.2. The molecule has 9 aromatic carbocycles. The molecule has 0 N–H and O–H groups in total. The third-order valence-corrected chi connectivity index (χ3v) is 10.7. The molecular formula is C54H39N3. The molecule has 0 atom stereocenters. The Morgan fingerprint density at radius 3 is 1.12 bits per heavy atom. The number of para-hydroxylation sites is 6. The van der Waals surface area contributed by atoms with E-state index in [-0.39, 0.29) is 0 Å². The first-order valence-electron chi connectivity index (χ1n) is 19.4. The molecule has 0 bridgehead atoms. The van der Waals surface area contributed by atoms with Crippen LogP contribution < -0.4 is 9.80 Å². The fraction of sp³-hybridized carbons (Fsp3) is 0. The highest BCUT2D eigenvalue weighted by molar-refractivity contribution is 6.10. The topological polar surface area (TPSA) is 11.4 Å². The lowest BCUT2D eigenvalue weighted by Crippen LogP contribution is -2.13. The van der Waals surface area contributed by atoms with Crippen molar-refractivity contribution in [2.24, 2.45) is 0 Å². The van der Waals surface area contributed by atoms with Crippen LogP contribution in [0.25, 0.3) is 49.7 Å². The zero-order valence-corrected chi connectivity index (χ0v) is 31.4. The molecule has 10 aromatic rings. The van der Waals surface area contributed by atoms with E-state index >= 15 is 0 Å². The number of rotatable bonds is 9. The van der Waals surface area contributed by atoms with Gasteiger partial charge >= 0.3 is 0 Å². The molecule has 3 heteroatoms. The molecule has 0 saturated carbocycles. The Morgan fingerprint density at radius 1 is 0.246 bits per heavy atom. The van der Waals surface area contributed by atoms with Crippen molar-refractivity contribution < 1.29 is 0 Å². The molecule has 1 aromatic heterocycles. The van der Waals surface area contributed by atoms with E-state index in [1.165, 1.54) is 38.6 Å². The fourth-order valence-corrected chi connectivity index (χ4v) is 8.09. The lowest BCUT2D eigenvalue weighted by atomic mass is 9.98. The van der Waals surface area contributed by atoms with Gasteiger partial charge in [0.1, 0.15) is 0 Å². The third kappa shape index (κ3) is 6.52. The van der Waals surface area contributed by atoms with Crippen molar-refractivity contribution in [1.82, 2.24) is 4.57 Å². The van der Waals surface area contributed by atoms with Crippen molar-refractivity contribution in [1.29, 1.82) is 0 Å². The Balaban J connectivity index is 1.11. The lowest BCUT2D eigenvalue weighted by Gasteiger charge is -2.30. The second-order valence-corrected chi connectivity index (χ2v) is 14.2. The number of anilines is 6. The van der Waals surface area contributed by atoms with Crippen LogP contribution in [0.2, 0.25) is 0 Å². The Morgan fingerprint density at radius 2 is 0.632 bits per heavy atom. The standard InChI is InChI=1S/C54H39N3/c1-6-18-44(19-7-1)55(45-20-8-2-9-21-45)49-36-43(37-50(39-49)56(46-22-10-3-11-23-46)47-24-12-4-13-25-47)41-32-30-40(31-33-41)42-34-35-54-52(38-42)51-28-16-17-29-53(51)57(54)48-26-14-5-15-27-48/h1-39H. The average Bonchev–Trinajstić information content (AvgIpc) is 3.62. The number of nitrogens with zero attached hydrogens (tertiary/aromatic N) is 3. The van der Waals surface area contributed by atoms with E-state index in [1.807, 2.05) is 0 Å². The van der Waals surface area contributed by atoms with Crippen LogP contribution in [0.3, 0.4) is 0 Å². The summed E-state index contributed by atoms with van der Waals surface area (Å²) >= 11 is 0. The largest absolute Gasteiger partial charge is 0.310 e. The van der Waals surface area contributed by atoms with Crippen LogP contribution in [0.5, 0.6) is 0 Å². The van der Waals surface area contributed by atoms with Crippen molar-refractivity contribution in [3.8, 4) is 27.9 Å². The van der Waals surface area contributed by atoms with Crippen LogP contribution in [-0.2, 0) is 0 Å². The van der Waals surface area contributed by atoms with Crippen molar-refractivity contribution in [3.05, 3.63) is 237 Å². The zero-order valence-electron chi connectivity index (χ0n) is 31.4. The van der Waals surface area contributed by atoms with Gasteiger partial charge in [-0.3, -0.25) is 0 Å². The monoisotopic (exact) mass is 729 g/mol. The van der Waals surface area contributed by atoms with Gasteiger partial charge in [-0.15, -0.1) is 0 Å². The minimum Gasteiger partial charge on any atom is -0.310 e. The highest BCUT2D eigenvalue weighted by Gasteiger charge is 2.19. The normalized spacial score (nSPS) is 11.2. The van der Waals surface area contributed by atoms with Crippen LogP contribution in [0.4, 0.5) is 34.1 Å². The number of fused-ring (bicyclic) bond motifs is 3. The minimum absolute atomic E-state index is 1.07. The molecule has 1 heterocycles. The Kier molecular flexibility index (Phi) is 8.86. The van der Waals surface area contributed by atoms with E-state index < -0.39 is 0 Å². The molecule has 0 radical (unpaired) electrons. The summed E-state index contributed by atoms with van der Waals surface area (Å²) in [5.74, 6) is 0. The lowest BCUT2D eigenvalue weighted by molar-refractivity contribution is 1.18. The first-order valence-corrected chi connectivity index (χ1v) is 19.4. The zero-order chi connectivity index (χ0) is 38.0. The van der Waals surface area contributed by atoms with E-state index in [0.29, 0.717) is 0 Å². The molecule has 57 heavy (non-hydrogen) atoms. The quantitative estimate of drug-likeness (QED) is 0.147. The molecule has 0 aliphatic carbocycles. The van der Waals surface area contributed by atoms with Crippen LogP contribution in [0.15, 0.2) is 237 Å². The average molecular weight is 730 g/mol. The van der Waals surface area contributed by atoms with E-state index in [9.17, 15) is 0 Å². The van der Waals surface area contributed by atoms with Gasteiger partial charge in [0.2, 0.25) is 0 Å². The van der Waals surface area contributed by atoms with Crippen LogP contribution >= 0.6 is 0 Å². The summed E-state index contributed by atoms with van der Waals surface area (Å²) in [6, 6.07) is 84.7. The Bertz CT molecular complexity index is 2740. The maximum atomic E-state index is 2.37. The maximum absolute atomic E-state index is 2.37. The van der Waals surface area contributed by atoms with Crippen molar-refractivity contribution in [2.45, 2.75) is 0 Å². The van der Waals surface area contributed by atoms with E-state index in [4.69, 9.17) is 0 Å². The molecule has 0 amide bonds. The predicted octanol–water partition coefficient (Wildman–Crippen LogP) is 15.1. The van der Waals surface area contributed by atoms with Gasteiger partial charge in [-0.2, -0.15) is 0 Å².